The number of rotatable bonds is 6. The van der Waals surface area contributed by atoms with Crippen LogP contribution in [0.4, 0.5) is 16.2 Å². The van der Waals surface area contributed by atoms with E-state index in [2.05, 4.69) is 10.6 Å². The van der Waals surface area contributed by atoms with Gasteiger partial charge in [0.1, 0.15) is 10.8 Å². The maximum atomic E-state index is 11.8. The predicted octanol–water partition coefficient (Wildman–Crippen LogP) is 3.62. The summed E-state index contributed by atoms with van der Waals surface area (Å²) >= 11 is 5.72. The number of amides is 2. The second-order valence-electron chi connectivity index (χ2n) is 4.91. The number of nitro groups is 1. The summed E-state index contributed by atoms with van der Waals surface area (Å²) in [5, 5.41) is 16.1. The quantitative estimate of drug-likeness (QED) is 0.615. The zero-order chi connectivity index (χ0) is 17.5. The number of anilines is 1. The Bertz CT molecular complexity index is 752. The molecule has 0 spiro atoms. The van der Waals surface area contributed by atoms with Gasteiger partial charge in [-0.05, 0) is 36.2 Å². The molecule has 0 fully saturated rings. The van der Waals surface area contributed by atoms with E-state index in [9.17, 15) is 14.9 Å². The van der Waals surface area contributed by atoms with Gasteiger partial charge < -0.3 is 15.4 Å². The van der Waals surface area contributed by atoms with Gasteiger partial charge in [0.05, 0.1) is 12.0 Å². The molecule has 0 aliphatic rings. The number of halogens is 1. The molecule has 0 radical (unpaired) electrons. The summed E-state index contributed by atoms with van der Waals surface area (Å²) < 4.78 is 5.14. The first-order valence-electron chi connectivity index (χ1n) is 7.11. The number of hydrogen-bond donors (Lipinski definition) is 2. The molecule has 0 unspecified atom stereocenters. The normalized spacial score (nSPS) is 10.1. The van der Waals surface area contributed by atoms with Crippen LogP contribution in [0.15, 0.2) is 42.5 Å². The van der Waals surface area contributed by atoms with E-state index < -0.39 is 11.0 Å². The van der Waals surface area contributed by atoms with Gasteiger partial charge in [-0.1, -0.05) is 23.7 Å². The molecule has 2 aromatic carbocycles. The van der Waals surface area contributed by atoms with Crippen LogP contribution in [0.5, 0.6) is 5.75 Å². The molecule has 0 saturated carbocycles. The smallest absolute Gasteiger partial charge is 0.319 e. The maximum Gasteiger partial charge on any atom is 0.319 e. The molecular formula is C16H16ClN3O4. The van der Waals surface area contributed by atoms with E-state index in [1.807, 2.05) is 24.3 Å². The van der Waals surface area contributed by atoms with Crippen LogP contribution in [0.25, 0.3) is 0 Å². The number of hydrogen-bond acceptors (Lipinski definition) is 4. The van der Waals surface area contributed by atoms with E-state index in [1.165, 1.54) is 18.2 Å². The third-order valence-electron chi connectivity index (χ3n) is 3.23. The summed E-state index contributed by atoms with van der Waals surface area (Å²) in [5.41, 5.74) is 1.06. The van der Waals surface area contributed by atoms with Gasteiger partial charge in [0.25, 0.3) is 5.69 Å². The Hall–Kier alpha value is -2.80. The summed E-state index contributed by atoms with van der Waals surface area (Å²) in [6.07, 6.45) is 0.630. The van der Waals surface area contributed by atoms with Gasteiger partial charge in [-0.3, -0.25) is 10.1 Å². The highest BCUT2D eigenvalue weighted by atomic mass is 35.5. The fraction of sp³-hybridized carbons (Fsp3) is 0.188. The number of urea groups is 1. The SMILES string of the molecule is COc1cccc(CCNC(=O)Nc2ccc(Cl)c([N+](=O)[O-])c2)c1. The second kappa shape index (κ2) is 8.16. The van der Waals surface area contributed by atoms with Crippen molar-refractivity contribution in [3.05, 3.63) is 63.2 Å². The lowest BCUT2D eigenvalue weighted by Crippen LogP contribution is -2.30. The molecule has 8 heteroatoms. The molecule has 0 saturated heterocycles. The number of nitrogens with zero attached hydrogens (tertiary/aromatic N) is 1. The minimum atomic E-state index is -0.603. The van der Waals surface area contributed by atoms with Crippen molar-refractivity contribution in [3.8, 4) is 5.75 Å². The van der Waals surface area contributed by atoms with Crippen molar-refractivity contribution in [2.45, 2.75) is 6.42 Å². The second-order valence-corrected chi connectivity index (χ2v) is 5.31. The van der Waals surface area contributed by atoms with E-state index in [-0.39, 0.29) is 10.7 Å². The van der Waals surface area contributed by atoms with Crippen molar-refractivity contribution in [1.82, 2.24) is 5.32 Å². The highest BCUT2D eigenvalue weighted by Crippen LogP contribution is 2.27. The highest BCUT2D eigenvalue weighted by Gasteiger charge is 2.13. The molecule has 24 heavy (non-hydrogen) atoms. The summed E-state index contributed by atoms with van der Waals surface area (Å²) in [5.74, 6) is 0.755. The van der Waals surface area contributed by atoms with E-state index in [0.717, 1.165) is 11.3 Å². The van der Waals surface area contributed by atoms with Crippen molar-refractivity contribution in [2.24, 2.45) is 0 Å². The number of carbonyl (C=O) groups excluding carboxylic acids is 1. The first-order valence-corrected chi connectivity index (χ1v) is 7.49. The topological polar surface area (TPSA) is 93.5 Å². The van der Waals surface area contributed by atoms with Crippen LogP contribution in [0.2, 0.25) is 5.02 Å². The maximum absolute atomic E-state index is 11.8. The Kier molecular flexibility index (Phi) is 5.97. The van der Waals surface area contributed by atoms with E-state index in [4.69, 9.17) is 16.3 Å². The fourth-order valence-electron chi connectivity index (χ4n) is 2.05. The van der Waals surface area contributed by atoms with Crippen LogP contribution in [0.3, 0.4) is 0 Å². The van der Waals surface area contributed by atoms with E-state index >= 15 is 0 Å². The Morgan fingerprint density at radius 2 is 2.08 bits per heavy atom. The predicted molar refractivity (Wildman–Crippen MR) is 91.8 cm³/mol. The van der Waals surface area contributed by atoms with Gasteiger partial charge in [-0.2, -0.15) is 0 Å². The van der Waals surface area contributed by atoms with Crippen LogP contribution in [0, 0.1) is 10.1 Å². The number of nitro benzene ring substituents is 1. The number of ether oxygens (including phenoxy) is 1. The van der Waals surface area contributed by atoms with Crippen molar-refractivity contribution >= 4 is 29.0 Å². The first-order chi connectivity index (χ1) is 11.5. The van der Waals surface area contributed by atoms with Crippen molar-refractivity contribution in [1.29, 1.82) is 0 Å². The molecule has 2 aromatic rings. The van der Waals surface area contributed by atoms with Crippen LogP contribution < -0.4 is 15.4 Å². The lowest BCUT2D eigenvalue weighted by atomic mass is 10.1. The Labute approximate surface area is 143 Å². The summed E-state index contributed by atoms with van der Waals surface area (Å²) in [6, 6.07) is 11.2. The third kappa shape index (κ3) is 4.85. The van der Waals surface area contributed by atoms with Crippen molar-refractivity contribution < 1.29 is 14.5 Å². The van der Waals surface area contributed by atoms with Gasteiger partial charge in [-0.15, -0.1) is 0 Å². The van der Waals surface area contributed by atoms with Gasteiger partial charge in [0.15, 0.2) is 0 Å². The number of carbonyl (C=O) groups is 1. The minimum absolute atomic E-state index is 0.0176. The van der Waals surface area contributed by atoms with Crippen LogP contribution >= 0.6 is 11.6 Å². The van der Waals surface area contributed by atoms with E-state index in [0.29, 0.717) is 18.7 Å². The molecule has 0 aliphatic carbocycles. The zero-order valence-electron chi connectivity index (χ0n) is 12.9. The number of methoxy groups -OCH3 is 1. The molecule has 0 heterocycles. The average molecular weight is 350 g/mol. The van der Waals surface area contributed by atoms with Gasteiger partial charge >= 0.3 is 6.03 Å². The summed E-state index contributed by atoms with van der Waals surface area (Å²) in [4.78, 5) is 22.1. The van der Waals surface area contributed by atoms with Gasteiger partial charge in [-0.25, -0.2) is 4.79 Å². The van der Waals surface area contributed by atoms with E-state index in [1.54, 1.807) is 7.11 Å². The lowest BCUT2D eigenvalue weighted by molar-refractivity contribution is -0.384. The monoisotopic (exact) mass is 349 g/mol. The summed E-state index contributed by atoms with van der Waals surface area (Å²) in [6.45, 7) is 0.411. The molecule has 0 aromatic heterocycles. The largest absolute Gasteiger partial charge is 0.497 e. The number of benzene rings is 2. The molecule has 2 rings (SSSR count). The minimum Gasteiger partial charge on any atom is -0.497 e. The summed E-state index contributed by atoms with van der Waals surface area (Å²) in [7, 11) is 1.59. The average Bonchev–Trinajstić information content (AvgIpc) is 2.56. The Morgan fingerprint density at radius 1 is 1.29 bits per heavy atom. The Balaban J connectivity index is 1.87. The van der Waals surface area contributed by atoms with Crippen molar-refractivity contribution in [2.75, 3.05) is 19.0 Å². The third-order valence-corrected chi connectivity index (χ3v) is 3.55. The zero-order valence-corrected chi connectivity index (χ0v) is 13.7. The molecule has 7 nitrogen and oxygen atoms in total. The van der Waals surface area contributed by atoms with Crippen LogP contribution in [0.1, 0.15) is 5.56 Å². The van der Waals surface area contributed by atoms with Crippen LogP contribution in [-0.2, 0) is 6.42 Å². The molecule has 126 valence electrons. The molecule has 2 N–H and O–H groups in total. The molecular weight excluding hydrogens is 334 g/mol. The van der Waals surface area contributed by atoms with Gasteiger partial charge in [0.2, 0.25) is 0 Å². The fourth-order valence-corrected chi connectivity index (χ4v) is 2.24. The standard InChI is InChI=1S/C16H16ClN3O4/c1-24-13-4-2-3-11(9-13)7-8-18-16(21)19-12-5-6-14(17)15(10-12)20(22)23/h2-6,9-10H,7-8H2,1H3,(H2,18,19,21). The Morgan fingerprint density at radius 3 is 2.79 bits per heavy atom. The number of nitrogens with one attached hydrogen (secondary N) is 2. The van der Waals surface area contributed by atoms with Crippen molar-refractivity contribution in [3.63, 3.8) is 0 Å². The van der Waals surface area contributed by atoms with Crippen LogP contribution in [-0.4, -0.2) is 24.6 Å². The molecule has 0 atom stereocenters. The first kappa shape index (κ1) is 17.6. The molecule has 0 aliphatic heterocycles. The highest BCUT2D eigenvalue weighted by molar-refractivity contribution is 6.32. The molecule has 2 amide bonds. The van der Waals surface area contributed by atoms with Gasteiger partial charge in [0, 0.05) is 18.3 Å². The molecule has 0 bridgehead atoms. The lowest BCUT2D eigenvalue weighted by Gasteiger charge is -2.08.